The number of carbonyl (C=O) groups is 1. The minimum atomic E-state index is -0.516. The number of thiophene rings is 1. The molecule has 3 rings (SSSR count). The Morgan fingerprint density at radius 3 is 3.04 bits per heavy atom. The molecule has 2 aliphatic heterocycles. The summed E-state index contributed by atoms with van der Waals surface area (Å²) in [6.45, 7) is 5.58. The molecule has 0 radical (unpaired) electrons. The fraction of sp³-hybridized carbons (Fsp3) is 0.706. The molecule has 2 saturated heterocycles. The van der Waals surface area contributed by atoms with Crippen LogP contribution in [-0.2, 0) is 15.9 Å². The predicted molar refractivity (Wildman–Crippen MR) is 90.6 cm³/mol. The Bertz CT molecular complexity index is 500. The van der Waals surface area contributed by atoms with Gasteiger partial charge in [0.2, 0.25) is 0 Å². The molecular formula is C17H26N2O3S. The highest BCUT2D eigenvalue weighted by molar-refractivity contribution is 7.09. The van der Waals surface area contributed by atoms with Crippen LogP contribution < -0.4 is 5.32 Å². The molecule has 0 spiro atoms. The van der Waals surface area contributed by atoms with Gasteiger partial charge in [-0.05, 0) is 44.1 Å². The first-order valence-corrected chi connectivity index (χ1v) is 9.38. The van der Waals surface area contributed by atoms with Crippen molar-refractivity contribution < 1.29 is 14.3 Å². The Labute approximate surface area is 142 Å². The van der Waals surface area contributed by atoms with E-state index in [4.69, 9.17) is 9.47 Å². The molecular weight excluding hydrogens is 312 g/mol. The molecule has 3 heterocycles. The maximum absolute atomic E-state index is 12.4. The molecule has 23 heavy (non-hydrogen) atoms. The smallest absolute Gasteiger partial charge is 0.317 e. The van der Waals surface area contributed by atoms with E-state index >= 15 is 0 Å². The predicted octanol–water partition coefficient (Wildman–Crippen LogP) is 2.87. The lowest BCUT2D eigenvalue weighted by atomic mass is 9.90. The second-order valence-electron chi connectivity index (χ2n) is 6.41. The van der Waals surface area contributed by atoms with Crippen LogP contribution in [-0.4, -0.2) is 49.6 Å². The Morgan fingerprint density at radius 2 is 2.30 bits per heavy atom. The number of nitrogens with one attached hydrogen (secondary N) is 1. The SMILES string of the molecule is CC1([C@@H]2CCCN(C(=O)NCCCc3cccs3)C2)OCCO1. The molecule has 2 aliphatic rings. The van der Waals surface area contributed by atoms with Crippen LogP contribution >= 0.6 is 11.3 Å². The first-order valence-electron chi connectivity index (χ1n) is 8.50. The number of hydrogen-bond donors (Lipinski definition) is 1. The summed E-state index contributed by atoms with van der Waals surface area (Å²) in [6.07, 6.45) is 4.07. The highest BCUT2D eigenvalue weighted by Gasteiger charge is 2.42. The quantitative estimate of drug-likeness (QED) is 0.840. The fourth-order valence-corrected chi connectivity index (χ4v) is 4.13. The van der Waals surface area contributed by atoms with Crippen molar-refractivity contribution in [3.63, 3.8) is 0 Å². The number of piperidine rings is 1. The van der Waals surface area contributed by atoms with Gasteiger partial charge in [-0.2, -0.15) is 0 Å². The monoisotopic (exact) mass is 338 g/mol. The van der Waals surface area contributed by atoms with Crippen LogP contribution in [0.25, 0.3) is 0 Å². The molecule has 1 aromatic heterocycles. The number of ether oxygens (including phenoxy) is 2. The number of rotatable bonds is 5. The molecule has 2 amide bonds. The number of likely N-dealkylation sites (tertiary alicyclic amines) is 1. The van der Waals surface area contributed by atoms with Crippen molar-refractivity contribution in [2.75, 3.05) is 32.8 Å². The molecule has 0 bridgehead atoms. The van der Waals surface area contributed by atoms with Crippen LogP contribution in [0.3, 0.4) is 0 Å². The van der Waals surface area contributed by atoms with E-state index in [2.05, 4.69) is 22.8 Å². The molecule has 0 aliphatic carbocycles. The van der Waals surface area contributed by atoms with Gasteiger partial charge in [0, 0.05) is 30.4 Å². The van der Waals surface area contributed by atoms with E-state index in [-0.39, 0.29) is 11.9 Å². The summed E-state index contributed by atoms with van der Waals surface area (Å²) >= 11 is 1.77. The van der Waals surface area contributed by atoms with Crippen molar-refractivity contribution >= 4 is 17.4 Å². The second kappa shape index (κ2) is 7.64. The van der Waals surface area contributed by atoms with Gasteiger partial charge in [-0.15, -0.1) is 11.3 Å². The topological polar surface area (TPSA) is 50.8 Å². The number of nitrogens with zero attached hydrogens (tertiary/aromatic N) is 1. The highest BCUT2D eigenvalue weighted by atomic mass is 32.1. The summed E-state index contributed by atoms with van der Waals surface area (Å²) in [5, 5.41) is 5.14. The molecule has 5 nitrogen and oxygen atoms in total. The zero-order chi connectivity index (χ0) is 16.1. The molecule has 1 atom stereocenters. The zero-order valence-corrected chi connectivity index (χ0v) is 14.6. The number of carbonyl (C=O) groups excluding carboxylic acids is 1. The molecule has 0 unspecified atom stereocenters. The van der Waals surface area contributed by atoms with Crippen LogP contribution in [0, 0.1) is 5.92 Å². The third kappa shape index (κ3) is 4.25. The van der Waals surface area contributed by atoms with Crippen LogP contribution in [0.15, 0.2) is 17.5 Å². The second-order valence-corrected chi connectivity index (χ2v) is 7.45. The highest BCUT2D eigenvalue weighted by Crippen LogP contribution is 2.34. The van der Waals surface area contributed by atoms with Crippen molar-refractivity contribution in [3.8, 4) is 0 Å². The van der Waals surface area contributed by atoms with Gasteiger partial charge in [0.1, 0.15) is 0 Å². The van der Waals surface area contributed by atoms with Gasteiger partial charge in [0.15, 0.2) is 5.79 Å². The fourth-order valence-electron chi connectivity index (χ4n) is 3.38. The Balaban J connectivity index is 1.41. The first kappa shape index (κ1) is 16.7. The lowest BCUT2D eigenvalue weighted by Gasteiger charge is -2.39. The van der Waals surface area contributed by atoms with Crippen LogP contribution in [0.2, 0.25) is 0 Å². The zero-order valence-electron chi connectivity index (χ0n) is 13.8. The molecule has 1 aromatic rings. The Hall–Kier alpha value is -1.11. The van der Waals surface area contributed by atoms with Crippen molar-refractivity contribution in [2.24, 2.45) is 5.92 Å². The average molecular weight is 338 g/mol. The van der Waals surface area contributed by atoms with Gasteiger partial charge in [-0.25, -0.2) is 4.79 Å². The third-order valence-electron chi connectivity index (χ3n) is 4.77. The normalized spacial score (nSPS) is 23.9. The van der Waals surface area contributed by atoms with Gasteiger partial charge in [0.25, 0.3) is 0 Å². The molecule has 1 N–H and O–H groups in total. The van der Waals surface area contributed by atoms with Gasteiger partial charge >= 0.3 is 6.03 Å². The number of aryl methyl sites for hydroxylation is 1. The van der Waals surface area contributed by atoms with Gasteiger partial charge in [0.05, 0.1) is 13.2 Å². The van der Waals surface area contributed by atoms with Gasteiger partial charge in [-0.3, -0.25) is 0 Å². The number of hydrogen-bond acceptors (Lipinski definition) is 4. The summed E-state index contributed by atoms with van der Waals surface area (Å²) in [5.74, 6) is -0.256. The van der Waals surface area contributed by atoms with E-state index in [1.54, 1.807) is 11.3 Å². The summed E-state index contributed by atoms with van der Waals surface area (Å²) in [7, 11) is 0. The van der Waals surface area contributed by atoms with Crippen LogP contribution in [0.4, 0.5) is 4.79 Å². The van der Waals surface area contributed by atoms with Gasteiger partial charge < -0.3 is 19.7 Å². The van der Waals surface area contributed by atoms with Crippen molar-refractivity contribution in [1.29, 1.82) is 0 Å². The maximum Gasteiger partial charge on any atom is 0.317 e. The van der Waals surface area contributed by atoms with Crippen molar-refractivity contribution in [1.82, 2.24) is 10.2 Å². The maximum atomic E-state index is 12.4. The lowest BCUT2D eigenvalue weighted by Crippen LogP contribution is -2.51. The summed E-state index contributed by atoms with van der Waals surface area (Å²) < 4.78 is 11.5. The molecule has 0 aromatic carbocycles. The third-order valence-corrected chi connectivity index (χ3v) is 5.70. The van der Waals surface area contributed by atoms with E-state index in [0.717, 1.165) is 38.8 Å². The largest absolute Gasteiger partial charge is 0.347 e. The van der Waals surface area contributed by atoms with Gasteiger partial charge in [-0.1, -0.05) is 6.07 Å². The van der Waals surface area contributed by atoms with E-state index < -0.39 is 5.79 Å². The van der Waals surface area contributed by atoms with Crippen molar-refractivity contribution in [3.05, 3.63) is 22.4 Å². The molecule has 128 valence electrons. The van der Waals surface area contributed by atoms with E-state index in [9.17, 15) is 4.79 Å². The standard InChI is InChI=1S/C17H26N2O3S/c1-17(21-10-11-22-17)14-5-3-9-19(13-14)16(20)18-8-2-6-15-7-4-12-23-15/h4,7,12,14H,2-3,5-6,8-11,13H2,1H3,(H,18,20)/t14-/m1/s1. The summed E-state index contributed by atoms with van der Waals surface area (Å²) in [6, 6.07) is 4.26. The van der Waals surface area contributed by atoms with E-state index in [1.807, 2.05) is 11.8 Å². The molecule has 0 saturated carbocycles. The summed E-state index contributed by atoms with van der Waals surface area (Å²) in [4.78, 5) is 15.6. The number of urea groups is 1. The summed E-state index contributed by atoms with van der Waals surface area (Å²) in [5.41, 5.74) is 0. The Morgan fingerprint density at radius 1 is 1.48 bits per heavy atom. The molecule has 2 fully saturated rings. The minimum absolute atomic E-state index is 0.0440. The number of amides is 2. The minimum Gasteiger partial charge on any atom is -0.347 e. The van der Waals surface area contributed by atoms with Crippen LogP contribution in [0.1, 0.15) is 31.1 Å². The van der Waals surface area contributed by atoms with Crippen molar-refractivity contribution in [2.45, 2.75) is 38.4 Å². The Kier molecular flexibility index (Phi) is 5.56. The van der Waals surface area contributed by atoms with Crippen LogP contribution in [0.5, 0.6) is 0 Å². The first-order chi connectivity index (χ1) is 11.2. The van der Waals surface area contributed by atoms with E-state index in [0.29, 0.717) is 19.8 Å². The lowest BCUT2D eigenvalue weighted by molar-refractivity contribution is -0.189. The molecule has 6 heteroatoms. The average Bonchev–Trinajstić information content (AvgIpc) is 3.24. The van der Waals surface area contributed by atoms with E-state index in [1.165, 1.54) is 4.88 Å².